The van der Waals surface area contributed by atoms with Crippen LogP contribution in [0.3, 0.4) is 0 Å². The van der Waals surface area contributed by atoms with Crippen LogP contribution in [-0.2, 0) is 7.05 Å². The lowest BCUT2D eigenvalue weighted by Gasteiger charge is -2.07. The van der Waals surface area contributed by atoms with Crippen molar-refractivity contribution < 1.29 is 4.74 Å². The maximum atomic E-state index is 5.44. The summed E-state index contributed by atoms with van der Waals surface area (Å²) in [5.41, 5.74) is 0. The number of hydrogen-bond donors (Lipinski definition) is 1. The normalized spacial score (nSPS) is 21.4. The average molecular weight is 197 g/mol. The molecular weight excluding hydrogens is 182 g/mol. The Hall–Kier alpha value is -1.17. The van der Waals surface area contributed by atoms with E-state index in [4.69, 9.17) is 4.74 Å². The molecule has 14 heavy (non-hydrogen) atoms. The van der Waals surface area contributed by atoms with Gasteiger partial charge < -0.3 is 10.1 Å². The van der Waals surface area contributed by atoms with E-state index in [0.717, 1.165) is 25.4 Å². The molecule has 1 unspecified atom stereocenters. The van der Waals surface area contributed by atoms with Gasteiger partial charge in [-0.15, -0.1) is 0 Å². The van der Waals surface area contributed by atoms with Gasteiger partial charge in [-0.2, -0.15) is 4.68 Å². The van der Waals surface area contributed by atoms with Crippen molar-refractivity contribution in [1.29, 1.82) is 0 Å². The van der Waals surface area contributed by atoms with Gasteiger partial charge >= 0.3 is 6.01 Å². The molecule has 1 aromatic rings. The number of aromatic nitrogens is 4. The molecule has 0 saturated carbocycles. The fourth-order valence-corrected chi connectivity index (χ4v) is 1.62. The Morgan fingerprint density at radius 3 is 3.21 bits per heavy atom. The number of nitrogens with zero attached hydrogens (tertiary/aromatic N) is 4. The van der Waals surface area contributed by atoms with Gasteiger partial charge in [0.2, 0.25) is 0 Å². The van der Waals surface area contributed by atoms with Crippen molar-refractivity contribution in [2.24, 2.45) is 13.0 Å². The van der Waals surface area contributed by atoms with E-state index in [9.17, 15) is 0 Å². The Kier molecular flexibility index (Phi) is 2.93. The summed E-state index contributed by atoms with van der Waals surface area (Å²) in [7, 11) is 1.77. The van der Waals surface area contributed by atoms with Crippen molar-refractivity contribution in [3.63, 3.8) is 0 Å². The third-order valence-electron chi connectivity index (χ3n) is 2.50. The van der Waals surface area contributed by atoms with E-state index < -0.39 is 0 Å². The van der Waals surface area contributed by atoms with Gasteiger partial charge in [0.15, 0.2) is 0 Å². The highest BCUT2D eigenvalue weighted by molar-refractivity contribution is 4.85. The molecule has 0 aliphatic carbocycles. The van der Waals surface area contributed by atoms with Crippen LogP contribution in [-0.4, -0.2) is 39.9 Å². The predicted molar refractivity (Wildman–Crippen MR) is 49.9 cm³/mol. The maximum Gasteiger partial charge on any atom is 0.335 e. The number of rotatable bonds is 4. The third-order valence-corrected chi connectivity index (χ3v) is 2.50. The molecule has 6 nitrogen and oxygen atoms in total. The molecule has 1 aliphatic rings. The highest BCUT2D eigenvalue weighted by Crippen LogP contribution is 2.12. The van der Waals surface area contributed by atoms with E-state index in [-0.39, 0.29) is 0 Å². The molecule has 0 amide bonds. The standard InChI is InChI=1S/C8H15N5O/c1-13-8(10-11-12-13)14-5-3-7-2-4-9-6-7/h7,9H,2-6H2,1H3. The third kappa shape index (κ3) is 2.20. The van der Waals surface area contributed by atoms with Crippen LogP contribution < -0.4 is 10.1 Å². The molecule has 1 atom stereocenters. The average Bonchev–Trinajstić information content (AvgIpc) is 2.78. The zero-order valence-corrected chi connectivity index (χ0v) is 8.31. The van der Waals surface area contributed by atoms with Gasteiger partial charge in [-0.05, 0) is 42.3 Å². The minimum absolute atomic E-state index is 0.496. The molecule has 0 spiro atoms. The molecule has 1 N–H and O–H groups in total. The van der Waals surface area contributed by atoms with E-state index in [1.807, 2.05) is 0 Å². The van der Waals surface area contributed by atoms with Gasteiger partial charge in [0.25, 0.3) is 0 Å². The Balaban J connectivity index is 1.70. The van der Waals surface area contributed by atoms with Gasteiger partial charge in [0.05, 0.1) is 6.61 Å². The number of nitrogens with one attached hydrogen (secondary N) is 1. The van der Waals surface area contributed by atoms with Crippen molar-refractivity contribution in [1.82, 2.24) is 25.5 Å². The monoisotopic (exact) mass is 197 g/mol. The largest absolute Gasteiger partial charge is 0.463 e. The summed E-state index contributed by atoms with van der Waals surface area (Å²) < 4.78 is 6.97. The fourth-order valence-electron chi connectivity index (χ4n) is 1.62. The van der Waals surface area contributed by atoms with Crippen LogP contribution in [0.4, 0.5) is 0 Å². The molecular formula is C8H15N5O. The van der Waals surface area contributed by atoms with Crippen molar-refractivity contribution in [2.45, 2.75) is 12.8 Å². The minimum Gasteiger partial charge on any atom is -0.463 e. The van der Waals surface area contributed by atoms with E-state index in [1.165, 1.54) is 11.1 Å². The van der Waals surface area contributed by atoms with Gasteiger partial charge in [0.1, 0.15) is 0 Å². The topological polar surface area (TPSA) is 64.9 Å². The SMILES string of the molecule is Cn1nnnc1OCCC1CCNC1. The lowest BCUT2D eigenvalue weighted by Crippen LogP contribution is -2.12. The summed E-state index contributed by atoms with van der Waals surface area (Å²) in [5, 5.41) is 14.3. The fraction of sp³-hybridized carbons (Fsp3) is 0.875. The lowest BCUT2D eigenvalue weighted by molar-refractivity contribution is 0.252. The first kappa shape index (κ1) is 9.39. The molecule has 1 saturated heterocycles. The summed E-state index contributed by atoms with van der Waals surface area (Å²) in [5.74, 6) is 0.746. The van der Waals surface area contributed by atoms with E-state index in [2.05, 4.69) is 20.8 Å². The summed E-state index contributed by atoms with van der Waals surface area (Å²) in [6, 6.07) is 0.496. The highest BCUT2D eigenvalue weighted by Gasteiger charge is 2.14. The van der Waals surface area contributed by atoms with Crippen LogP contribution in [0.5, 0.6) is 6.01 Å². The molecule has 1 aliphatic heterocycles. The van der Waals surface area contributed by atoms with Crippen molar-refractivity contribution in [3.8, 4) is 6.01 Å². The van der Waals surface area contributed by atoms with Gasteiger partial charge in [-0.3, -0.25) is 0 Å². The smallest absolute Gasteiger partial charge is 0.335 e. The van der Waals surface area contributed by atoms with E-state index in [0.29, 0.717) is 12.6 Å². The molecule has 6 heteroatoms. The number of hydrogen-bond acceptors (Lipinski definition) is 5. The van der Waals surface area contributed by atoms with Crippen molar-refractivity contribution in [3.05, 3.63) is 0 Å². The van der Waals surface area contributed by atoms with Gasteiger partial charge in [-0.25, -0.2) is 0 Å². The Bertz CT molecular complexity index is 281. The second kappa shape index (κ2) is 4.36. The second-order valence-corrected chi connectivity index (χ2v) is 3.58. The summed E-state index contributed by atoms with van der Waals surface area (Å²) in [4.78, 5) is 0. The molecule has 2 heterocycles. The van der Waals surface area contributed by atoms with Crippen LogP contribution in [0.25, 0.3) is 0 Å². The first-order valence-corrected chi connectivity index (χ1v) is 4.92. The molecule has 78 valence electrons. The van der Waals surface area contributed by atoms with E-state index in [1.54, 1.807) is 7.05 Å². The van der Waals surface area contributed by atoms with Crippen LogP contribution in [0.1, 0.15) is 12.8 Å². The zero-order valence-electron chi connectivity index (χ0n) is 8.31. The molecule has 0 radical (unpaired) electrons. The summed E-state index contributed by atoms with van der Waals surface area (Å²) in [6.07, 6.45) is 2.32. The number of tetrazole rings is 1. The minimum atomic E-state index is 0.496. The zero-order chi connectivity index (χ0) is 9.80. The number of ether oxygens (including phenoxy) is 1. The summed E-state index contributed by atoms with van der Waals surface area (Å²) in [6.45, 7) is 2.94. The number of aryl methyl sites for hydroxylation is 1. The molecule has 1 aromatic heterocycles. The molecule has 0 aromatic carbocycles. The van der Waals surface area contributed by atoms with E-state index >= 15 is 0 Å². The van der Waals surface area contributed by atoms with Gasteiger partial charge in [-0.1, -0.05) is 5.10 Å². The Morgan fingerprint density at radius 1 is 1.64 bits per heavy atom. The highest BCUT2D eigenvalue weighted by atomic mass is 16.5. The molecule has 2 rings (SSSR count). The predicted octanol–water partition coefficient (Wildman–Crippen LogP) is -0.412. The van der Waals surface area contributed by atoms with Crippen molar-refractivity contribution >= 4 is 0 Å². The Labute approximate surface area is 82.6 Å². The van der Waals surface area contributed by atoms with Crippen LogP contribution >= 0.6 is 0 Å². The van der Waals surface area contributed by atoms with Gasteiger partial charge in [0, 0.05) is 7.05 Å². The van der Waals surface area contributed by atoms with Crippen LogP contribution in [0.2, 0.25) is 0 Å². The summed E-state index contributed by atoms with van der Waals surface area (Å²) >= 11 is 0. The first-order valence-electron chi connectivity index (χ1n) is 4.92. The maximum absolute atomic E-state index is 5.44. The molecule has 0 bridgehead atoms. The molecule has 1 fully saturated rings. The first-order chi connectivity index (χ1) is 6.86. The second-order valence-electron chi connectivity index (χ2n) is 3.58. The lowest BCUT2D eigenvalue weighted by atomic mass is 10.1. The quantitative estimate of drug-likeness (QED) is 0.710. The van der Waals surface area contributed by atoms with Crippen molar-refractivity contribution in [2.75, 3.05) is 19.7 Å². The van der Waals surface area contributed by atoms with Crippen LogP contribution in [0.15, 0.2) is 0 Å². The van der Waals surface area contributed by atoms with Crippen LogP contribution in [0, 0.1) is 5.92 Å². The Morgan fingerprint density at radius 2 is 2.57 bits per heavy atom.